The molecule has 2 N–H and O–H groups in total. The van der Waals surface area contributed by atoms with Crippen molar-refractivity contribution < 1.29 is 4.92 Å². The fraction of sp³-hybridized carbons (Fsp3) is 0.182. The van der Waals surface area contributed by atoms with Crippen molar-refractivity contribution in [2.24, 2.45) is 0 Å². The summed E-state index contributed by atoms with van der Waals surface area (Å²) in [6.45, 7) is 1.88. The van der Waals surface area contributed by atoms with Gasteiger partial charge in [-0.1, -0.05) is 33.3 Å². The second kappa shape index (κ2) is 5.89. The first kappa shape index (κ1) is 14.3. The van der Waals surface area contributed by atoms with Crippen molar-refractivity contribution in [2.75, 3.05) is 5.73 Å². The maximum atomic E-state index is 11.0. The lowest BCUT2D eigenvalue weighted by Gasteiger charge is -2.03. The van der Waals surface area contributed by atoms with Gasteiger partial charge in [0.25, 0.3) is 5.69 Å². The van der Waals surface area contributed by atoms with Crippen LogP contribution in [0.5, 0.6) is 0 Å². The molecule has 8 heteroatoms. The predicted octanol–water partition coefficient (Wildman–Crippen LogP) is 4.00. The van der Waals surface area contributed by atoms with E-state index in [1.807, 2.05) is 6.92 Å². The van der Waals surface area contributed by atoms with Crippen molar-refractivity contribution in [1.29, 1.82) is 0 Å². The van der Waals surface area contributed by atoms with Crippen molar-refractivity contribution >= 4 is 49.8 Å². The Kier molecular flexibility index (Phi) is 4.43. The van der Waals surface area contributed by atoms with Crippen molar-refractivity contribution in [3.63, 3.8) is 0 Å². The highest BCUT2D eigenvalue weighted by molar-refractivity contribution is 9.10. The Labute approximate surface area is 126 Å². The third-order valence-electron chi connectivity index (χ3n) is 2.37. The minimum atomic E-state index is -0.367. The number of rotatable bonds is 4. The fourth-order valence-electron chi connectivity index (χ4n) is 1.51. The van der Waals surface area contributed by atoms with Crippen molar-refractivity contribution in [3.8, 4) is 0 Å². The molecule has 0 bridgehead atoms. The Morgan fingerprint density at radius 2 is 2.32 bits per heavy atom. The van der Waals surface area contributed by atoms with E-state index in [0.717, 1.165) is 9.90 Å². The van der Waals surface area contributed by atoms with Crippen LogP contribution in [0.2, 0.25) is 0 Å². The molecule has 2 aromatic rings. The normalized spacial score (nSPS) is 10.6. The molecule has 1 aromatic heterocycles. The van der Waals surface area contributed by atoms with Crippen LogP contribution in [0.3, 0.4) is 0 Å². The number of hydrogen-bond acceptors (Lipinski definition) is 6. The Morgan fingerprint density at radius 3 is 2.89 bits per heavy atom. The molecule has 2 rings (SSSR count). The lowest BCUT2D eigenvalue weighted by Crippen LogP contribution is -1.94. The third-order valence-corrected chi connectivity index (χ3v) is 5.26. The molecule has 0 amide bonds. The first-order valence-corrected chi connectivity index (χ1v) is 7.85. The summed E-state index contributed by atoms with van der Waals surface area (Å²) in [5.74, 6) is 0.520. The van der Waals surface area contributed by atoms with Gasteiger partial charge < -0.3 is 5.73 Å². The molecule has 0 fully saturated rings. The van der Waals surface area contributed by atoms with E-state index in [2.05, 4.69) is 20.9 Å². The van der Waals surface area contributed by atoms with E-state index in [1.54, 1.807) is 12.1 Å². The molecule has 0 saturated heterocycles. The molecule has 0 radical (unpaired) electrons. The van der Waals surface area contributed by atoms with Crippen LogP contribution in [0.1, 0.15) is 11.3 Å². The number of nitro benzene ring substituents is 1. The summed E-state index contributed by atoms with van der Waals surface area (Å²) in [7, 11) is 0. The van der Waals surface area contributed by atoms with Gasteiger partial charge in [-0.3, -0.25) is 10.1 Å². The van der Waals surface area contributed by atoms with Crippen LogP contribution in [-0.2, 0) is 5.75 Å². The highest BCUT2D eigenvalue weighted by Crippen LogP contribution is 2.35. The smallest absolute Gasteiger partial charge is 0.274 e. The first-order valence-electron chi connectivity index (χ1n) is 5.26. The largest absolute Gasteiger partial charge is 0.375 e. The topological polar surface area (TPSA) is 82.0 Å². The number of thioether (sulfide) groups is 1. The third kappa shape index (κ3) is 3.46. The quantitative estimate of drug-likeness (QED) is 0.506. The molecule has 0 aliphatic carbocycles. The number of benzene rings is 1. The van der Waals surface area contributed by atoms with Gasteiger partial charge in [-0.25, -0.2) is 4.98 Å². The number of halogens is 1. The summed E-state index contributed by atoms with van der Waals surface area (Å²) < 4.78 is 1.70. The van der Waals surface area contributed by atoms with E-state index in [0.29, 0.717) is 20.9 Å². The van der Waals surface area contributed by atoms with E-state index >= 15 is 0 Å². The van der Waals surface area contributed by atoms with Gasteiger partial charge in [0.2, 0.25) is 0 Å². The number of hydrogen-bond donors (Lipinski definition) is 1. The van der Waals surface area contributed by atoms with Crippen LogP contribution < -0.4 is 5.73 Å². The van der Waals surface area contributed by atoms with Crippen LogP contribution in [0.4, 0.5) is 10.8 Å². The van der Waals surface area contributed by atoms with Crippen LogP contribution in [-0.4, -0.2) is 9.91 Å². The fourth-order valence-corrected chi connectivity index (χ4v) is 3.88. The Balaban J connectivity index is 2.20. The Morgan fingerprint density at radius 1 is 1.58 bits per heavy atom. The van der Waals surface area contributed by atoms with E-state index in [4.69, 9.17) is 5.73 Å². The standard InChI is InChI=1S/C11H10BrN3O2S2/c1-6-10(19-11(13)14-6)18-5-7-2-3-8(12)4-9(7)15(16)17/h2-4H,5H2,1H3,(H2,13,14). The lowest BCUT2D eigenvalue weighted by molar-refractivity contribution is -0.385. The van der Waals surface area contributed by atoms with E-state index in [-0.39, 0.29) is 10.6 Å². The molecule has 1 aromatic carbocycles. The van der Waals surface area contributed by atoms with Gasteiger partial charge >= 0.3 is 0 Å². The number of thiazole rings is 1. The second-order valence-electron chi connectivity index (χ2n) is 3.74. The van der Waals surface area contributed by atoms with Gasteiger partial charge in [-0.2, -0.15) is 0 Å². The van der Waals surface area contributed by atoms with Crippen molar-refractivity contribution in [2.45, 2.75) is 16.9 Å². The summed E-state index contributed by atoms with van der Waals surface area (Å²) >= 11 is 6.16. The minimum Gasteiger partial charge on any atom is -0.375 e. The number of nitro groups is 1. The summed E-state index contributed by atoms with van der Waals surface area (Å²) in [6, 6.07) is 5.08. The average molecular weight is 360 g/mol. The molecule has 1 heterocycles. The van der Waals surface area contributed by atoms with Gasteiger partial charge in [0.1, 0.15) is 0 Å². The number of aromatic nitrogens is 1. The Hall–Kier alpha value is -1.12. The predicted molar refractivity (Wildman–Crippen MR) is 81.6 cm³/mol. The average Bonchev–Trinajstić information content (AvgIpc) is 2.66. The van der Waals surface area contributed by atoms with Gasteiger partial charge in [0.05, 0.1) is 14.8 Å². The highest BCUT2D eigenvalue weighted by atomic mass is 79.9. The molecule has 0 aliphatic rings. The van der Waals surface area contributed by atoms with Crippen LogP contribution >= 0.6 is 39.0 Å². The second-order valence-corrected chi connectivity index (χ2v) is 6.93. The maximum absolute atomic E-state index is 11.0. The zero-order chi connectivity index (χ0) is 14.0. The summed E-state index contributed by atoms with van der Waals surface area (Å²) in [5.41, 5.74) is 7.30. The number of anilines is 1. The van der Waals surface area contributed by atoms with Crippen molar-refractivity contribution in [3.05, 3.63) is 44.0 Å². The molecule has 0 spiro atoms. The molecule has 0 unspecified atom stereocenters. The molecule has 100 valence electrons. The highest BCUT2D eigenvalue weighted by Gasteiger charge is 2.15. The summed E-state index contributed by atoms with van der Waals surface area (Å²) in [6.07, 6.45) is 0. The molecule has 0 atom stereocenters. The molecular weight excluding hydrogens is 350 g/mol. The van der Waals surface area contributed by atoms with Gasteiger partial charge in [-0.05, 0) is 13.0 Å². The van der Waals surface area contributed by atoms with Gasteiger partial charge in [0.15, 0.2) is 5.13 Å². The SMILES string of the molecule is Cc1nc(N)sc1SCc1ccc(Br)cc1[N+](=O)[O-]. The summed E-state index contributed by atoms with van der Waals surface area (Å²) in [4.78, 5) is 14.8. The Bertz CT molecular complexity index is 630. The van der Waals surface area contributed by atoms with E-state index in [9.17, 15) is 10.1 Å². The van der Waals surface area contributed by atoms with Gasteiger partial charge in [-0.15, -0.1) is 11.8 Å². The lowest BCUT2D eigenvalue weighted by atomic mass is 10.2. The zero-order valence-electron chi connectivity index (χ0n) is 9.92. The summed E-state index contributed by atoms with van der Waals surface area (Å²) in [5, 5.41) is 11.5. The van der Waals surface area contributed by atoms with Crippen molar-refractivity contribution in [1.82, 2.24) is 4.98 Å². The number of aryl methyl sites for hydroxylation is 1. The zero-order valence-corrected chi connectivity index (χ0v) is 13.1. The number of nitrogens with two attached hydrogens (primary N) is 1. The van der Waals surface area contributed by atoms with Crippen LogP contribution in [0.15, 0.2) is 26.9 Å². The maximum Gasteiger partial charge on any atom is 0.274 e. The molecule has 0 aliphatic heterocycles. The van der Waals surface area contributed by atoms with Crippen LogP contribution in [0.25, 0.3) is 0 Å². The minimum absolute atomic E-state index is 0.122. The monoisotopic (exact) mass is 359 g/mol. The molecule has 0 saturated carbocycles. The van der Waals surface area contributed by atoms with Crippen LogP contribution in [0, 0.1) is 17.0 Å². The molecular formula is C11H10BrN3O2S2. The first-order chi connectivity index (χ1) is 8.97. The number of nitrogen functional groups attached to an aromatic ring is 1. The number of nitrogens with zero attached hydrogens (tertiary/aromatic N) is 2. The van der Waals surface area contributed by atoms with E-state index < -0.39 is 0 Å². The molecule has 5 nitrogen and oxygen atoms in total. The van der Waals surface area contributed by atoms with Gasteiger partial charge in [0, 0.05) is 21.9 Å². The van der Waals surface area contributed by atoms with E-state index in [1.165, 1.54) is 29.2 Å². The molecule has 19 heavy (non-hydrogen) atoms.